The van der Waals surface area contributed by atoms with Crippen LogP contribution in [0.15, 0.2) is 36.4 Å². The van der Waals surface area contributed by atoms with Crippen molar-refractivity contribution in [1.82, 2.24) is 0 Å². The summed E-state index contributed by atoms with van der Waals surface area (Å²) in [4.78, 5) is 11.4. The van der Waals surface area contributed by atoms with Gasteiger partial charge in [0.15, 0.2) is 5.78 Å². The van der Waals surface area contributed by atoms with E-state index in [0.29, 0.717) is 28.3 Å². The Labute approximate surface area is 123 Å². The molecule has 2 rings (SSSR count). The van der Waals surface area contributed by atoms with Crippen LogP contribution < -0.4 is 15.8 Å². The molecule has 5 heteroatoms. The van der Waals surface area contributed by atoms with E-state index < -0.39 is 0 Å². The molecule has 0 unspecified atom stereocenters. The average molecular weight is 281 g/mol. The summed E-state index contributed by atoms with van der Waals surface area (Å²) < 4.78 is 5.25. The van der Waals surface area contributed by atoms with Crippen molar-refractivity contribution < 1.29 is 9.53 Å². The molecule has 0 radical (unpaired) electrons. The molecule has 106 valence electrons. The van der Waals surface area contributed by atoms with Gasteiger partial charge in [0.05, 0.1) is 24.4 Å². The number of hydrogen-bond acceptors (Lipinski definition) is 5. The van der Waals surface area contributed by atoms with E-state index in [4.69, 9.17) is 15.7 Å². The van der Waals surface area contributed by atoms with Gasteiger partial charge in [-0.15, -0.1) is 0 Å². The molecule has 5 nitrogen and oxygen atoms in total. The zero-order chi connectivity index (χ0) is 15.4. The zero-order valence-electron chi connectivity index (χ0n) is 11.8. The number of ether oxygens (including phenoxy) is 1. The van der Waals surface area contributed by atoms with Crippen molar-refractivity contribution in [3.63, 3.8) is 0 Å². The number of anilines is 3. The summed E-state index contributed by atoms with van der Waals surface area (Å²) in [6, 6.07) is 12.3. The van der Waals surface area contributed by atoms with E-state index in [0.717, 1.165) is 5.69 Å². The topological polar surface area (TPSA) is 88.1 Å². The van der Waals surface area contributed by atoms with Crippen LogP contribution in [0.25, 0.3) is 0 Å². The molecule has 2 aromatic rings. The average Bonchev–Trinajstić information content (AvgIpc) is 2.47. The van der Waals surface area contributed by atoms with Crippen LogP contribution >= 0.6 is 0 Å². The maximum atomic E-state index is 11.4. The van der Waals surface area contributed by atoms with Crippen LogP contribution in [-0.4, -0.2) is 12.9 Å². The monoisotopic (exact) mass is 281 g/mol. The fraction of sp³-hybridized carbons (Fsp3) is 0.125. The van der Waals surface area contributed by atoms with Crippen LogP contribution in [0.5, 0.6) is 5.75 Å². The van der Waals surface area contributed by atoms with E-state index in [9.17, 15) is 4.79 Å². The molecule has 0 amide bonds. The number of nitrogen functional groups attached to an aromatic ring is 1. The number of hydrogen-bond donors (Lipinski definition) is 2. The standard InChI is InChI=1S/C16H15N3O2/c1-10(20)13-5-4-12(8-14(13)18)19-15-6-3-11(9-17)7-16(15)21-2/h3-8,19H,18H2,1-2H3. The smallest absolute Gasteiger partial charge is 0.161 e. The molecule has 0 atom stereocenters. The Kier molecular flexibility index (Phi) is 4.10. The second-order valence-corrected chi connectivity index (χ2v) is 4.51. The molecule has 0 saturated heterocycles. The molecule has 2 aromatic carbocycles. The number of rotatable bonds is 4. The third kappa shape index (κ3) is 3.12. The minimum absolute atomic E-state index is 0.0741. The summed E-state index contributed by atoms with van der Waals surface area (Å²) >= 11 is 0. The molecule has 0 aliphatic rings. The molecular weight excluding hydrogens is 266 g/mol. The molecule has 0 fully saturated rings. The van der Waals surface area contributed by atoms with Crippen molar-refractivity contribution in [3.8, 4) is 11.8 Å². The van der Waals surface area contributed by atoms with Crippen molar-refractivity contribution >= 4 is 22.8 Å². The van der Waals surface area contributed by atoms with E-state index in [1.807, 2.05) is 0 Å². The van der Waals surface area contributed by atoms with Gasteiger partial charge in [0, 0.05) is 23.0 Å². The normalized spacial score (nSPS) is 9.76. The third-order valence-electron chi connectivity index (χ3n) is 3.04. The van der Waals surface area contributed by atoms with Crippen LogP contribution in [-0.2, 0) is 0 Å². The highest BCUT2D eigenvalue weighted by Crippen LogP contribution is 2.29. The number of benzene rings is 2. The molecular formula is C16H15N3O2. The van der Waals surface area contributed by atoms with Gasteiger partial charge in [0.2, 0.25) is 0 Å². The lowest BCUT2D eigenvalue weighted by atomic mass is 10.1. The Morgan fingerprint density at radius 3 is 2.62 bits per heavy atom. The van der Waals surface area contributed by atoms with Gasteiger partial charge in [0.1, 0.15) is 5.75 Å². The predicted octanol–water partition coefficient (Wildman–Crippen LogP) is 3.10. The van der Waals surface area contributed by atoms with Crippen LogP contribution in [0.2, 0.25) is 0 Å². The fourth-order valence-corrected chi connectivity index (χ4v) is 1.98. The zero-order valence-corrected chi connectivity index (χ0v) is 11.8. The first kappa shape index (κ1) is 14.4. The number of Topliss-reactive ketones (excluding diaryl/α,β-unsaturated/α-hetero) is 1. The van der Waals surface area contributed by atoms with Gasteiger partial charge in [-0.1, -0.05) is 0 Å². The third-order valence-corrected chi connectivity index (χ3v) is 3.04. The Balaban J connectivity index is 2.32. The van der Waals surface area contributed by atoms with Crippen LogP contribution in [0, 0.1) is 11.3 Å². The molecule has 0 spiro atoms. The fourth-order valence-electron chi connectivity index (χ4n) is 1.98. The van der Waals surface area contributed by atoms with Crippen LogP contribution in [0.3, 0.4) is 0 Å². The molecule has 0 heterocycles. The van der Waals surface area contributed by atoms with E-state index in [1.54, 1.807) is 36.4 Å². The van der Waals surface area contributed by atoms with Crippen LogP contribution in [0.4, 0.5) is 17.1 Å². The number of nitrogens with two attached hydrogens (primary N) is 1. The van der Waals surface area contributed by atoms with Gasteiger partial charge < -0.3 is 15.8 Å². The molecule has 0 saturated carbocycles. The van der Waals surface area contributed by atoms with Crippen molar-refractivity contribution in [3.05, 3.63) is 47.5 Å². The maximum absolute atomic E-state index is 11.4. The first-order valence-electron chi connectivity index (χ1n) is 6.30. The van der Waals surface area contributed by atoms with Gasteiger partial charge in [-0.2, -0.15) is 5.26 Å². The second-order valence-electron chi connectivity index (χ2n) is 4.51. The molecule has 3 N–H and O–H groups in total. The quantitative estimate of drug-likeness (QED) is 0.664. The minimum Gasteiger partial charge on any atom is -0.495 e. The van der Waals surface area contributed by atoms with Gasteiger partial charge in [-0.3, -0.25) is 4.79 Å². The first-order chi connectivity index (χ1) is 10.0. The molecule has 0 aliphatic carbocycles. The van der Waals surface area contributed by atoms with E-state index in [1.165, 1.54) is 14.0 Å². The van der Waals surface area contributed by atoms with Gasteiger partial charge in [-0.05, 0) is 37.3 Å². The summed E-state index contributed by atoms with van der Waals surface area (Å²) in [5, 5.41) is 12.0. The number of nitriles is 1. The number of carbonyl (C=O) groups is 1. The van der Waals surface area contributed by atoms with Gasteiger partial charge >= 0.3 is 0 Å². The van der Waals surface area contributed by atoms with Crippen molar-refractivity contribution in [2.75, 3.05) is 18.2 Å². The number of nitrogens with one attached hydrogen (secondary N) is 1. The Morgan fingerprint density at radius 2 is 2.05 bits per heavy atom. The van der Waals surface area contributed by atoms with E-state index in [-0.39, 0.29) is 5.78 Å². The van der Waals surface area contributed by atoms with E-state index >= 15 is 0 Å². The highest BCUT2D eigenvalue weighted by Gasteiger charge is 2.08. The van der Waals surface area contributed by atoms with Crippen LogP contribution in [0.1, 0.15) is 22.8 Å². The highest BCUT2D eigenvalue weighted by atomic mass is 16.5. The SMILES string of the molecule is COc1cc(C#N)ccc1Nc1ccc(C(C)=O)c(N)c1. The molecule has 21 heavy (non-hydrogen) atoms. The minimum atomic E-state index is -0.0741. The van der Waals surface area contributed by atoms with Crippen molar-refractivity contribution in [2.24, 2.45) is 0 Å². The van der Waals surface area contributed by atoms with Gasteiger partial charge in [-0.25, -0.2) is 0 Å². The second kappa shape index (κ2) is 5.97. The maximum Gasteiger partial charge on any atom is 0.161 e. The molecule has 0 bridgehead atoms. The number of carbonyl (C=O) groups excluding carboxylic acids is 1. The summed E-state index contributed by atoms with van der Waals surface area (Å²) in [5.74, 6) is 0.485. The van der Waals surface area contributed by atoms with Crippen molar-refractivity contribution in [2.45, 2.75) is 6.92 Å². The van der Waals surface area contributed by atoms with Gasteiger partial charge in [0.25, 0.3) is 0 Å². The summed E-state index contributed by atoms with van der Waals surface area (Å²) in [5.41, 5.74) is 8.74. The largest absolute Gasteiger partial charge is 0.495 e. The lowest BCUT2D eigenvalue weighted by Crippen LogP contribution is -2.01. The molecule has 0 aliphatic heterocycles. The summed E-state index contributed by atoms with van der Waals surface area (Å²) in [6.07, 6.45) is 0. The lowest BCUT2D eigenvalue weighted by Gasteiger charge is -2.12. The Morgan fingerprint density at radius 1 is 1.29 bits per heavy atom. The number of nitrogens with zero attached hydrogens (tertiary/aromatic N) is 1. The summed E-state index contributed by atoms with van der Waals surface area (Å²) in [7, 11) is 1.54. The number of methoxy groups -OCH3 is 1. The van der Waals surface area contributed by atoms with Crippen molar-refractivity contribution in [1.29, 1.82) is 5.26 Å². The lowest BCUT2D eigenvalue weighted by molar-refractivity contribution is 0.101. The van der Waals surface area contributed by atoms with E-state index in [2.05, 4.69) is 11.4 Å². The predicted molar refractivity (Wildman–Crippen MR) is 81.9 cm³/mol. The first-order valence-corrected chi connectivity index (χ1v) is 6.30. The highest BCUT2D eigenvalue weighted by molar-refractivity contribution is 5.99. The molecule has 0 aromatic heterocycles. The number of ketones is 1. The Hall–Kier alpha value is -3.00. The summed E-state index contributed by atoms with van der Waals surface area (Å²) in [6.45, 7) is 1.47. The Bertz CT molecular complexity index is 733.